The minimum Gasteiger partial charge on any atom is -0.465 e. The van der Waals surface area contributed by atoms with Crippen molar-refractivity contribution >= 4 is 28.6 Å². The normalized spacial score (nSPS) is 11.0. The fourth-order valence-corrected chi connectivity index (χ4v) is 2.94. The third-order valence-corrected chi connectivity index (χ3v) is 4.44. The van der Waals surface area contributed by atoms with Crippen LogP contribution in [0.25, 0.3) is 22.6 Å². The second kappa shape index (κ2) is 7.15. The van der Waals surface area contributed by atoms with Gasteiger partial charge in [0.15, 0.2) is 17.3 Å². The number of amides is 1. The monoisotopic (exact) mass is 393 g/mol. The van der Waals surface area contributed by atoms with E-state index in [1.165, 1.54) is 19.3 Å². The largest absolute Gasteiger partial charge is 0.465 e. The first-order valence-corrected chi connectivity index (χ1v) is 8.60. The van der Waals surface area contributed by atoms with E-state index < -0.39 is 6.09 Å². The maximum Gasteiger partial charge on any atom is 0.411 e. The molecular formula is C19H16FN7O2. The third kappa shape index (κ3) is 3.31. The minimum absolute atomic E-state index is 0.000550. The Morgan fingerprint density at radius 2 is 2.03 bits per heavy atom. The molecule has 29 heavy (non-hydrogen) atoms. The molecule has 0 radical (unpaired) electrons. The fraction of sp³-hybridized carbons (Fsp3) is 0.105. The van der Waals surface area contributed by atoms with Gasteiger partial charge >= 0.3 is 6.09 Å². The molecule has 0 aliphatic rings. The zero-order valence-corrected chi connectivity index (χ0v) is 15.3. The van der Waals surface area contributed by atoms with Crippen LogP contribution in [0.3, 0.4) is 0 Å². The standard InChI is InChI=1S/C19H16FN7O2/c1-26(19(28)29)14-9-23-17(24-16(14)21)15-12-6-4-8-22-18(12)27(25-15)10-11-5-2-3-7-13(11)20/h2-9H,10H2,1H3,(H,28,29)(H2,21,23,24). The summed E-state index contributed by atoms with van der Waals surface area (Å²) in [4.78, 5) is 24.9. The molecule has 146 valence electrons. The van der Waals surface area contributed by atoms with Gasteiger partial charge in [0.1, 0.15) is 17.2 Å². The summed E-state index contributed by atoms with van der Waals surface area (Å²) in [7, 11) is 1.35. The predicted molar refractivity (Wildman–Crippen MR) is 105 cm³/mol. The van der Waals surface area contributed by atoms with E-state index in [4.69, 9.17) is 10.8 Å². The summed E-state index contributed by atoms with van der Waals surface area (Å²) >= 11 is 0. The van der Waals surface area contributed by atoms with Crippen molar-refractivity contribution in [2.24, 2.45) is 0 Å². The van der Waals surface area contributed by atoms with Crippen molar-refractivity contribution < 1.29 is 14.3 Å². The number of nitrogen functional groups attached to an aromatic ring is 1. The molecule has 10 heteroatoms. The van der Waals surface area contributed by atoms with Gasteiger partial charge in [-0.25, -0.2) is 28.8 Å². The van der Waals surface area contributed by atoms with Crippen LogP contribution in [0.15, 0.2) is 48.8 Å². The Morgan fingerprint density at radius 3 is 2.76 bits per heavy atom. The number of nitrogens with two attached hydrogens (primary N) is 1. The van der Waals surface area contributed by atoms with E-state index in [0.717, 1.165) is 4.90 Å². The quantitative estimate of drug-likeness (QED) is 0.546. The van der Waals surface area contributed by atoms with Crippen LogP contribution in [0.5, 0.6) is 0 Å². The third-order valence-electron chi connectivity index (χ3n) is 4.44. The van der Waals surface area contributed by atoms with E-state index in [2.05, 4.69) is 20.1 Å². The van der Waals surface area contributed by atoms with Crippen molar-refractivity contribution in [3.05, 3.63) is 60.2 Å². The second-order valence-corrected chi connectivity index (χ2v) is 6.28. The lowest BCUT2D eigenvalue weighted by Gasteiger charge is -2.14. The Labute approximate surface area is 164 Å². The van der Waals surface area contributed by atoms with Crippen molar-refractivity contribution in [1.82, 2.24) is 24.7 Å². The molecule has 0 unspecified atom stereocenters. The number of aromatic nitrogens is 5. The molecule has 0 atom stereocenters. The highest BCUT2D eigenvalue weighted by Gasteiger charge is 2.19. The average molecular weight is 393 g/mol. The molecule has 1 amide bonds. The summed E-state index contributed by atoms with van der Waals surface area (Å²) in [6.45, 7) is 0.176. The van der Waals surface area contributed by atoms with Gasteiger partial charge in [-0.2, -0.15) is 5.10 Å². The van der Waals surface area contributed by atoms with Crippen molar-refractivity contribution in [2.75, 3.05) is 17.7 Å². The highest BCUT2D eigenvalue weighted by Crippen LogP contribution is 2.28. The van der Waals surface area contributed by atoms with Crippen LogP contribution in [0.4, 0.5) is 20.7 Å². The van der Waals surface area contributed by atoms with Gasteiger partial charge in [-0.15, -0.1) is 0 Å². The number of benzene rings is 1. The topological polar surface area (TPSA) is 123 Å². The van der Waals surface area contributed by atoms with E-state index in [-0.39, 0.29) is 29.7 Å². The van der Waals surface area contributed by atoms with Crippen LogP contribution >= 0.6 is 0 Å². The molecule has 0 saturated carbocycles. The first-order chi connectivity index (χ1) is 14.0. The molecule has 4 aromatic rings. The maximum absolute atomic E-state index is 14.1. The number of anilines is 2. The summed E-state index contributed by atoms with van der Waals surface area (Å²) in [6.07, 6.45) is 1.76. The smallest absolute Gasteiger partial charge is 0.411 e. The Kier molecular flexibility index (Phi) is 4.51. The zero-order chi connectivity index (χ0) is 20.5. The van der Waals surface area contributed by atoms with E-state index in [1.54, 1.807) is 41.2 Å². The van der Waals surface area contributed by atoms with E-state index >= 15 is 0 Å². The molecule has 4 rings (SSSR count). The van der Waals surface area contributed by atoms with Crippen molar-refractivity contribution in [2.45, 2.75) is 6.54 Å². The van der Waals surface area contributed by atoms with Gasteiger partial charge in [0.25, 0.3) is 0 Å². The van der Waals surface area contributed by atoms with Gasteiger partial charge in [-0.05, 0) is 18.2 Å². The SMILES string of the molecule is CN(C(=O)O)c1cnc(-c2nn(Cc3ccccc3F)c3ncccc23)nc1N. The Balaban J connectivity index is 1.80. The van der Waals surface area contributed by atoms with Crippen LogP contribution in [0.1, 0.15) is 5.56 Å². The molecule has 1 aromatic carbocycles. The first-order valence-electron chi connectivity index (χ1n) is 8.60. The molecule has 3 N–H and O–H groups in total. The van der Waals surface area contributed by atoms with E-state index in [1.807, 2.05) is 0 Å². The zero-order valence-electron chi connectivity index (χ0n) is 15.3. The number of carbonyl (C=O) groups is 1. The van der Waals surface area contributed by atoms with Crippen LogP contribution in [0, 0.1) is 5.82 Å². The van der Waals surface area contributed by atoms with Crippen LogP contribution in [-0.4, -0.2) is 43.0 Å². The molecular weight excluding hydrogens is 377 g/mol. The molecule has 0 aliphatic heterocycles. The number of hydrogen-bond acceptors (Lipinski definition) is 6. The number of fused-ring (bicyclic) bond motifs is 1. The van der Waals surface area contributed by atoms with Gasteiger partial charge in [-0.1, -0.05) is 18.2 Å². The Morgan fingerprint density at radius 1 is 1.24 bits per heavy atom. The van der Waals surface area contributed by atoms with E-state index in [9.17, 15) is 9.18 Å². The summed E-state index contributed by atoms with van der Waals surface area (Å²) in [5.41, 5.74) is 7.52. The summed E-state index contributed by atoms with van der Waals surface area (Å²) in [5, 5.41) is 14.3. The minimum atomic E-state index is -1.18. The number of halogens is 1. The Bertz CT molecular complexity index is 1220. The molecule has 0 saturated heterocycles. The molecule has 3 aromatic heterocycles. The number of carboxylic acid groups (broad SMARTS) is 1. The number of nitrogens with zero attached hydrogens (tertiary/aromatic N) is 6. The highest BCUT2D eigenvalue weighted by molar-refractivity contribution is 5.91. The maximum atomic E-state index is 14.1. The van der Waals surface area contributed by atoms with Gasteiger partial charge in [0, 0.05) is 18.8 Å². The highest BCUT2D eigenvalue weighted by atomic mass is 19.1. The second-order valence-electron chi connectivity index (χ2n) is 6.28. The molecule has 0 aliphatic carbocycles. The molecule has 9 nitrogen and oxygen atoms in total. The average Bonchev–Trinajstić information content (AvgIpc) is 3.08. The van der Waals surface area contributed by atoms with Crippen LogP contribution in [-0.2, 0) is 6.54 Å². The van der Waals surface area contributed by atoms with Gasteiger partial charge < -0.3 is 10.8 Å². The molecule has 0 spiro atoms. The lowest BCUT2D eigenvalue weighted by atomic mass is 10.2. The fourth-order valence-electron chi connectivity index (χ4n) is 2.94. The van der Waals surface area contributed by atoms with Crippen molar-refractivity contribution in [3.8, 4) is 11.5 Å². The number of pyridine rings is 1. The number of hydrogen-bond donors (Lipinski definition) is 2. The lowest BCUT2D eigenvalue weighted by Crippen LogP contribution is -2.25. The van der Waals surface area contributed by atoms with E-state index in [0.29, 0.717) is 22.3 Å². The van der Waals surface area contributed by atoms with Gasteiger partial charge in [0.2, 0.25) is 0 Å². The first kappa shape index (κ1) is 18.3. The van der Waals surface area contributed by atoms with Crippen LogP contribution < -0.4 is 10.6 Å². The van der Waals surface area contributed by atoms with Crippen molar-refractivity contribution in [3.63, 3.8) is 0 Å². The van der Waals surface area contributed by atoms with Gasteiger partial charge in [0.05, 0.1) is 18.1 Å². The Hall–Kier alpha value is -4.08. The van der Waals surface area contributed by atoms with Crippen molar-refractivity contribution in [1.29, 1.82) is 0 Å². The lowest BCUT2D eigenvalue weighted by molar-refractivity contribution is 0.203. The van der Waals surface area contributed by atoms with Crippen LogP contribution in [0.2, 0.25) is 0 Å². The van der Waals surface area contributed by atoms with Gasteiger partial charge in [-0.3, -0.25) is 4.90 Å². The summed E-state index contributed by atoms with van der Waals surface area (Å²) < 4.78 is 15.7. The molecule has 0 fully saturated rings. The molecule has 3 heterocycles. The number of rotatable bonds is 4. The predicted octanol–water partition coefficient (Wildman–Crippen LogP) is 2.77. The summed E-state index contributed by atoms with van der Waals surface area (Å²) in [6, 6.07) is 9.99. The summed E-state index contributed by atoms with van der Waals surface area (Å²) in [5.74, 6) is -0.119. The molecule has 0 bridgehead atoms.